The molecule has 0 aromatic heterocycles. The van der Waals surface area contributed by atoms with Gasteiger partial charge in [-0.1, -0.05) is 31.2 Å². The number of anilines is 1. The van der Waals surface area contributed by atoms with Crippen LogP contribution in [0.1, 0.15) is 23.6 Å². The predicted molar refractivity (Wildman–Crippen MR) is 94.3 cm³/mol. The van der Waals surface area contributed by atoms with Gasteiger partial charge in [0.2, 0.25) is 0 Å². The lowest BCUT2D eigenvalue weighted by Gasteiger charge is -2.12. The Bertz CT molecular complexity index is 668. The molecule has 122 valence electrons. The third kappa shape index (κ3) is 5.02. The van der Waals surface area contributed by atoms with Crippen molar-refractivity contribution in [1.29, 1.82) is 0 Å². The highest BCUT2D eigenvalue weighted by Gasteiger charge is 2.04. The van der Waals surface area contributed by atoms with E-state index in [4.69, 9.17) is 4.74 Å². The lowest BCUT2D eigenvalue weighted by Crippen LogP contribution is -2.32. The third-order valence-corrected chi connectivity index (χ3v) is 3.76. The van der Waals surface area contributed by atoms with Crippen molar-refractivity contribution in [3.8, 4) is 5.75 Å². The van der Waals surface area contributed by atoms with Crippen LogP contribution < -0.4 is 15.4 Å². The van der Waals surface area contributed by atoms with Gasteiger partial charge in [-0.2, -0.15) is 0 Å². The maximum Gasteiger partial charge on any atom is 0.319 e. The van der Waals surface area contributed by atoms with Crippen molar-refractivity contribution in [2.24, 2.45) is 0 Å². The van der Waals surface area contributed by atoms with E-state index < -0.39 is 0 Å². The van der Waals surface area contributed by atoms with E-state index >= 15 is 0 Å². The van der Waals surface area contributed by atoms with E-state index in [1.54, 1.807) is 0 Å². The molecular formula is C19H24N2O2. The molecule has 2 N–H and O–H groups in total. The summed E-state index contributed by atoms with van der Waals surface area (Å²) in [5.41, 5.74) is 4.33. The van der Waals surface area contributed by atoms with Crippen molar-refractivity contribution >= 4 is 11.7 Å². The number of nitrogens with one attached hydrogen (secondary N) is 2. The van der Waals surface area contributed by atoms with Crippen LogP contribution in [0.2, 0.25) is 0 Å². The van der Waals surface area contributed by atoms with Gasteiger partial charge >= 0.3 is 6.03 Å². The minimum Gasteiger partial charge on any atom is -0.491 e. The molecule has 0 aliphatic carbocycles. The van der Waals surface area contributed by atoms with Crippen molar-refractivity contribution in [3.05, 3.63) is 59.2 Å². The van der Waals surface area contributed by atoms with Crippen LogP contribution in [0, 0.1) is 13.8 Å². The first-order valence-electron chi connectivity index (χ1n) is 7.93. The monoisotopic (exact) mass is 312 g/mol. The summed E-state index contributed by atoms with van der Waals surface area (Å²) in [6.45, 7) is 7.06. The number of hydrogen-bond acceptors (Lipinski definition) is 2. The fourth-order valence-corrected chi connectivity index (χ4v) is 2.26. The Morgan fingerprint density at radius 2 is 1.87 bits per heavy atom. The second kappa shape index (κ2) is 8.22. The molecule has 0 aliphatic heterocycles. The predicted octanol–water partition coefficient (Wildman–Crippen LogP) is 4.07. The molecule has 0 heterocycles. The Balaban J connectivity index is 1.75. The molecule has 0 spiro atoms. The highest BCUT2D eigenvalue weighted by atomic mass is 16.5. The lowest BCUT2D eigenvalue weighted by molar-refractivity contribution is 0.247. The molecule has 0 unspecified atom stereocenters. The third-order valence-electron chi connectivity index (χ3n) is 3.76. The molecule has 0 saturated heterocycles. The summed E-state index contributed by atoms with van der Waals surface area (Å²) in [7, 11) is 0. The Kier molecular flexibility index (Phi) is 6.03. The molecule has 4 heteroatoms. The first-order chi connectivity index (χ1) is 11.1. The van der Waals surface area contributed by atoms with E-state index in [-0.39, 0.29) is 6.03 Å². The van der Waals surface area contributed by atoms with Crippen LogP contribution in [0.5, 0.6) is 5.75 Å². The Hall–Kier alpha value is -2.49. The van der Waals surface area contributed by atoms with Crippen molar-refractivity contribution in [3.63, 3.8) is 0 Å². The average Bonchev–Trinajstić information content (AvgIpc) is 2.55. The Morgan fingerprint density at radius 3 is 2.61 bits per heavy atom. The average molecular weight is 312 g/mol. The molecule has 0 bridgehead atoms. The van der Waals surface area contributed by atoms with Gasteiger partial charge in [0.15, 0.2) is 0 Å². The van der Waals surface area contributed by atoms with Crippen LogP contribution in [-0.2, 0) is 6.42 Å². The van der Waals surface area contributed by atoms with Crippen LogP contribution in [0.25, 0.3) is 0 Å². The first-order valence-corrected chi connectivity index (χ1v) is 7.93. The van der Waals surface area contributed by atoms with Crippen LogP contribution in [0.4, 0.5) is 10.5 Å². The Morgan fingerprint density at radius 1 is 1.09 bits per heavy atom. The number of amides is 2. The number of carbonyl (C=O) groups excluding carboxylic acids is 1. The summed E-state index contributed by atoms with van der Waals surface area (Å²) in [4.78, 5) is 11.9. The number of carbonyl (C=O) groups is 1. The molecule has 0 saturated carbocycles. The van der Waals surface area contributed by atoms with Crippen molar-refractivity contribution < 1.29 is 9.53 Å². The van der Waals surface area contributed by atoms with Gasteiger partial charge in [0, 0.05) is 5.69 Å². The van der Waals surface area contributed by atoms with Gasteiger partial charge in [0.25, 0.3) is 0 Å². The molecule has 0 atom stereocenters. The number of urea groups is 1. The van der Waals surface area contributed by atoms with Crippen LogP contribution >= 0.6 is 0 Å². The summed E-state index contributed by atoms with van der Waals surface area (Å²) in [5, 5.41) is 5.62. The van der Waals surface area contributed by atoms with Gasteiger partial charge in [0.05, 0.1) is 6.54 Å². The molecule has 4 nitrogen and oxygen atoms in total. The number of para-hydroxylation sites is 1. The molecule has 23 heavy (non-hydrogen) atoms. The van der Waals surface area contributed by atoms with Gasteiger partial charge in [0.1, 0.15) is 12.4 Å². The zero-order chi connectivity index (χ0) is 16.7. The van der Waals surface area contributed by atoms with Gasteiger partial charge < -0.3 is 15.4 Å². The van der Waals surface area contributed by atoms with Crippen molar-refractivity contribution in [2.75, 3.05) is 18.5 Å². The highest BCUT2D eigenvalue weighted by Crippen LogP contribution is 2.18. The van der Waals surface area contributed by atoms with Crippen molar-refractivity contribution in [2.45, 2.75) is 27.2 Å². The molecule has 2 rings (SSSR count). The zero-order valence-corrected chi connectivity index (χ0v) is 14.0. The minimum atomic E-state index is -0.222. The fourth-order valence-electron chi connectivity index (χ4n) is 2.26. The summed E-state index contributed by atoms with van der Waals surface area (Å²) in [6.07, 6.45) is 0.927. The summed E-state index contributed by atoms with van der Waals surface area (Å²) < 4.78 is 5.72. The highest BCUT2D eigenvalue weighted by molar-refractivity contribution is 5.89. The van der Waals surface area contributed by atoms with E-state index in [0.29, 0.717) is 13.2 Å². The normalized spacial score (nSPS) is 10.2. The minimum absolute atomic E-state index is 0.222. The van der Waals surface area contributed by atoms with Gasteiger partial charge in [-0.05, 0) is 55.2 Å². The van der Waals surface area contributed by atoms with Crippen molar-refractivity contribution in [1.82, 2.24) is 5.32 Å². The standard InChI is InChI=1S/C19H24N2O2/c1-4-16-7-5-6-8-18(16)23-12-11-20-19(22)21-17-10-9-14(2)15(3)13-17/h5-10,13H,4,11-12H2,1-3H3,(H2,20,21,22). The summed E-state index contributed by atoms with van der Waals surface area (Å²) >= 11 is 0. The quantitative estimate of drug-likeness (QED) is 0.790. The molecular weight excluding hydrogens is 288 g/mol. The summed E-state index contributed by atoms with van der Waals surface area (Å²) in [5.74, 6) is 0.881. The SMILES string of the molecule is CCc1ccccc1OCCNC(=O)Nc1ccc(C)c(C)c1. The molecule has 2 amide bonds. The second-order valence-corrected chi connectivity index (χ2v) is 5.49. The van der Waals surface area contributed by atoms with E-state index in [2.05, 4.69) is 23.6 Å². The number of aryl methyl sites for hydroxylation is 3. The molecule has 0 radical (unpaired) electrons. The van der Waals surface area contributed by atoms with Gasteiger partial charge in [-0.3, -0.25) is 0 Å². The number of ether oxygens (including phenoxy) is 1. The Labute approximate surface area is 137 Å². The lowest BCUT2D eigenvalue weighted by atomic mass is 10.1. The topological polar surface area (TPSA) is 50.4 Å². The number of rotatable bonds is 6. The smallest absolute Gasteiger partial charge is 0.319 e. The maximum atomic E-state index is 11.9. The molecule has 0 fully saturated rings. The van der Waals surface area contributed by atoms with Gasteiger partial charge in [-0.25, -0.2) is 4.79 Å². The fraction of sp³-hybridized carbons (Fsp3) is 0.316. The van der Waals surface area contributed by atoms with Crippen LogP contribution in [-0.4, -0.2) is 19.2 Å². The second-order valence-electron chi connectivity index (χ2n) is 5.49. The number of hydrogen-bond donors (Lipinski definition) is 2. The van der Waals surface area contributed by atoms with E-state index in [9.17, 15) is 4.79 Å². The first kappa shape index (κ1) is 16.9. The van der Waals surface area contributed by atoms with Crippen LogP contribution in [0.3, 0.4) is 0 Å². The largest absolute Gasteiger partial charge is 0.491 e. The summed E-state index contributed by atoms with van der Waals surface area (Å²) in [6, 6.07) is 13.6. The maximum absolute atomic E-state index is 11.9. The molecule has 2 aromatic rings. The van der Waals surface area contributed by atoms with E-state index in [0.717, 1.165) is 23.4 Å². The van der Waals surface area contributed by atoms with Crippen LogP contribution in [0.15, 0.2) is 42.5 Å². The number of benzene rings is 2. The van der Waals surface area contributed by atoms with E-state index in [1.807, 2.05) is 50.2 Å². The zero-order valence-electron chi connectivity index (χ0n) is 14.0. The van der Waals surface area contributed by atoms with Gasteiger partial charge in [-0.15, -0.1) is 0 Å². The van der Waals surface area contributed by atoms with E-state index in [1.165, 1.54) is 11.1 Å². The molecule has 0 aliphatic rings. The molecule has 2 aromatic carbocycles.